The highest BCUT2D eigenvalue weighted by atomic mass is 19.3. The van der Waals surface area contributed by atoms with Crippen LogP contribution in [0.1, 0.15) is 6.42 Å². The summed E-state index contributed by atoms with van der Waals surface area (Å²) in [5.74, 6) is -2.71. The van der Waals surface area contributed by atoms with Gasteiger partial charge in [-0.3, -0.25) is 0 Å². The van der Waals surface area contributed by atoms with E-state index in [1.807, 2.05) is 14.1 Å². The lowest BCUT2D eigenvalue weighted by Gasteiger charge is -2.06. The van der Waals surface area contributed by atoms with Gasteiger partial charge in [0.15, 0.2) is 0 Å². The maximum Gasteiger partial charge on any atom is 0.252 e. The number of hydrogen-bond donors (Lipinski definition) is 0. The Kier molecular flexibility index (Phi) is 1.47. The summed E-state index contributed by atoms with van der Waals surface area (Å²) in [4.78, 5) is 1.80. The van der Waals surface area contributed by atoms with Gasteiger partial charge in [-0.25, -0.2) is 8.78 Å². The van der Waals surface area contributed by atoms with Crippen molar-refractivity contribution in [1.29, 1.82) is 0 Å². The summed E-state index contributed by atoms with van der Waals surface area (Å²) in [5, 5.41) is 0. The van der Waals surface area contributed by atoms with Gasteiger partial charge in [0.25, 0.3) is 5.92 Å². The van der Waals surface area contributed by atoms with Gasteiger partial charge in [-0.15, -0.1) is 0 Å². The summed E-state index contributed by atoms with van der Waals surface area (Å²) in [5.41, 5.74) is 0. The zero-order valence-corrected chi connectivity index (χ0v) is 5.69. The molecule has 1 aliphatic carbocycles. The average Bonchev–Trinajstić information content (AvgIpc) is 2.10. The van der Waals surface area contributed by atoms with Crippen molar-refractivity contribution in [2.24, 2.45) is 5.92 Å². The highest BCUT2D eigenvalue weighted by Crippen LogP contribution is 2.48. The van der Waals surface area contributed by atoms with E-state index in [0.717, 1.165) is 0 Å². The van der Waals surface area contributed by atoms with E-state index in [9.17, 15) is 8.78 Å². The molecule has 0 aliphatic heterocycles. The predicted molar refractivity (Wildman–Crippen MR) is 31.6 cm³/mol. The second kappa shape index (κ2) is 1.90. The first-order valence-electron chi connectivity index (χ1n) is 3.05. The molecule has 1 unspecified atom stereocenters. The summed E-state index contributed by atoms with van der Waals surface area (Å²) in [7, 11) is 3.63. The Morgan fingerprint density at radius 3 is 2.11 bits per heavy atom. The Balaban J connectivity index is 2.20. The van der Waals surface area contributed by atoms with Crippen molar-refractivity contribution in [3.8, 4) is 0 Å². The predicted octanol–water partition coefficient (Wildman–Crippen LogP) is 1.20. The molecule has 1 rings (SSSR count). The third-order valence-electron chi connectivity index (χ3n) is 1.54. The standard InChI is InChI=1S/C6H11F2N/c1-9(2)4-5-3-6(5,7)8/h5H,3-4H2,1-2H3. The normalized spacial score (nSPS) is 31.0. The molecular formula is C6H11F2N. The van der Waals surface area contributed by atoms with Crippen LogP contribution in [-0.4, -0.2) is 31.5 Å². The smallest absolute Gasteiger partial charge is 0.252 e. The molecule has 9 heavy (non-hydrogen) atoms. The fraction of sp³-hybridized carbons (Fsp3) is 1.00. The molecule has 0 amide bonds. The summed E-state index contributed by atoms with van der Waals surface area (Å²) >= 11 is 0. The first-order valence-corrected chi connectivity index (χ1v) is 3.05. The van der Waals surface area contributed by atoms with Gasteiger partial charge in [0.05, 0.1) is 0 Å². The van der Waals surface area contributed by atoms with Crippen molar-refractivity contribution in [3.05, 3.63) is 0 Å². The van der Waals surface area contributed by atoms with Crippen molar-refractivity contribution < 1.29 is 8.78 Å². The molecule has 1 aliphatic rings. The molecule has 1 fully saturated rings. The quantitative estimate of drug-likeness (QED) is 0.550. The molecule has 54 valence electrons. The van der Waals surface area contributed by atoms with Crippen LogP contribution in [0.5, 0.6) is 0 Å². The number of hydrogen-bond acceptors (Lipinski definition) is 1. The molecule has 0 saturated heterocycles. The summed E-state index contributed by atoms with van der Waals surface area (Å²) in [6.45, 7) is 0.521. The van der Waals surface area contributed by atoms with Gasteiger partial charge in [-0.05, 0) is 14.1 Å². The van der Waals surface area contributed by atoms with Crippen LogP contribution < -0.4 is 0 Å². The van der Waals surface area contributed by atoms with Crippen molar-refractivity contribution in [3.63, 3.8) is 0 Å². The minimum atomic E-state index is -2.34. The number of rotatable bonds is 2. The lowest BCUT2D eigenvalue weighted by molar-refractivity contribution is 0.0923. The minimum Gasteiger partial charge on any atom is -0.309 e. The third-order valence-corrected chi connectivity index (χ3v) is 1.54. The van der Waals surface area contributed by atoms with E-state index in [4.69, 9.17) is 0 Å². The maximum absolute atomic E-state index is 12.1. The number of halogens is 2. The molecule has 0 spiro atoms. The second-order valence-corrected chi connectivity index (χ2v) is 2.92. The van der Waals surface area contributed by atoms with Gasteiger partial charge in [-0.2, -0.15) is 0 Å². The highest BCUT2D eigenvalue weighted by molar-refractivity contribution is 4.95. The van der Waals surface area contributed by atoms with Crippen molar-refractivity contribution in [2.75, 3.05) is 20.6 Å². The van der Waals surface area contributed by atoms with Crippen LogP contribution in [0.3, 0.4) is 0 Å². The molecule has 1 atom stereocenters. The van der Waals surface area contributed by atoms with Gasteiger partial charge < -0.3 is 4.90 Å². The lowest BCUT2D eigenvalue weighted by Crippen LogP contribution is -2.17. The van der Waals surface area contributed by atoms with Gasteiger partial charge in [0.1, 0.15) is 0 Å². The Hall–Kier alpha value is -0.180. The minimum absolute atomic E-state index is 0.0885. The largest absolute Gasteiger partial charge is 0.309 e. The SMILES string of the molecule is CN(C)CC1CC1(F)F. The third kappa shape index (κ3) is 1.61. The summed E-state index contributed by atoms with van der Waals surface area (Å²) in [6.07, 6.45) is 0.0885. The molecule has 0 bridgehead atoms. The van der Waals surface area contributed by atoms with Crippen LogP contribution in [0.2, 0.25) is 0 Å². The van der Waals surface area contributed by atoms with Gasteiger partial charge in [0, 0.05) is 18.9 Å². The van der Waals surface area contributed by atoms with Crippen LogP contribution >= 0.6 is 0 Å². The molecule has 1 saturated carbocycles. The van der Waals surface area contributed by atoms with E-state index in [-0.39, 0.29) is 12.3 Å². The Morgan fingerprint density at radius 2 is 2.00 bits per heavy atom. The van der Waals surface area contributed by atoms with Gasteiger partial charge in [-0.1, -0.05) is 0 Å². The first-order chi connectivity index (χ1) is 4.02. The molecule has 0 N–H and O–H groups in total. The van der Waals surface area contributed by atoms with Crippen molar-refractivity contribution in [1.82, 2.24) is 4.90 Å². The van der Waals surface area contributed by atoms with E-state index in [1.165, 1.54) is 0 Å². The van der Waals surface area contributed by atoms with Crippen molar-refractivity contribution in [2.45, 2.75) is 12.3 Å². The fourth-order valence-corrected chi connectivity index (χ4v) is 0.908. The Bertz CT molecular complexity index is 112. The van der Waals surface area contributed by atoms with E-state index < -0.39 is 5.92 Å². The molecule has 0 aromatic heterocycles. The van der Waals surface area contributed by atoms with Gasteiger partial charge >= 0.3 is 0 Å². The monoisotopic (exact) mass is 135 g/mol. The van der Waals surface area contributed by atoms with E-state index in [2.05, 4.69) is 0 Å². The van der Waals surface area contributed by atoms with Crippen LogP contribution in [-0.2, 0) is 0 Å². The first kappa shape index (κ1) is 6.93. The maximum atomic E-state index is 12.1. The molecule has 0 aromatic carbocycles. The zero-order valence-electron chi connectivity index (χ0n) is 5.69. The van der Waals surface area contributed by atoms with E-state index >= 15 is 0 Å². The topological polar surface area (TPSA) is 3.24 Å². The highest BCUT2D eigenvalue weighted by Gasteiger charge is 2.56. The molecule has 3 heteroatoms. The van der Waals surface area contributed by atoms with E-state index in [1.54, 1.807) is 4.90 Å². The Labute approximate surface area is 53.6 Å². The van der Waals surface area contributed by atoms with Gasteiger partial charge in [0.2, 0.25) is 0 Å². The molecule has 0 heterocycles. The molecule has 1 nitrogen and oxygen atoms in total. The molecular weight excluding hydrogens is 124 g/mol. The lowest BCUT2D eigenvalue weighted by atomic mass is 10.4. The van der Waals surface area contributed by atoms with Crippen LogP contribution in [0.4, 0.5) is 8.78 Å². The van der Waals surface area contributed by atoms with Crippen LogP contribution in [0.15, 0.2) is 0 Å². The molecule has 0 aromatic rings. The van der Waals surface area contributed by atoms with Crippen LogP contribution in [0, 0.1) is 5.92 Å². The second-order valence-electron chi connectivity index (χ2n) is 2.92. The molecule has 0 radical (unpaired) electrons. The Morgan fingerprint density at radius 1 is 1.56 bits per heavy atom. The van der Waals surface area contributed by atoms with Crippen LogP contribution in [0.25, 0.3) is 0 Å². The van der Waals surface area contributed by atoms with Crippen molar-refractivity contribution >= 4 is 0 Å². The zero-order chi connectivity index (χ0) is 7.07. The van der Waals surface area contributed by atoms with E-state index in [0.29, 0.717) is 6.54 Å². The number of alkyl halides is 2. The fourth-order valence-electron chi connectivity index (χ4n) is 0.908. The summed E-state index contributed by atoms with van der Waals surface area (Å²) < 4.78 is 24.3. The summed E-state index contributed by atoms with van der Waals surface area (Å²) in [6, 6.07) is 0. The number of nitrogens with zero attached hydrogens (tertiary/aromatic N) is 1. The average molecular weight is 135 g/mol.